The molecule has 0 spiro atoms. The van der Waals surface area contributed by atoms with E-state index < -0.39 is 5.97 Å². The summed E-state index contributed by atoms with van der Waals surface area (Å²) in [4.78, 5) is 22.7. The van der Waals surface area contributed by atoms with E-state index in [9.17, 15) is 9.59 Å². The highest BCUT2D eigenvalue weighted by Crippen LogP contribution is 2.26. The van der Waals surface area contributed by atoms with Gasteiger partial charge in [0.1, 0.15) is 6.26 Å². The molecule has 1 aromatic rings. The molecule has 19 heavy (non-hydrogen) atoms. The molecule has 0 aliphatic heterocycles. The maximum atomic E-state index is 11.9. The van der Waals surface area contributed by atoms with E-state index in [0.717, 1.165) is 31.9 Å². The van der Waals surface area contributed by atoms with E-state index in [0.29, 0.717) is 5.92 Å². The molecule has 104 valence electrons. The molecule has 0 radical (unpaired) electrons. The zero-order chi connectivity index (χ0) is 13.8. The molecule has 0 bridgehead atoms. The van der Waals surface area contributed by atoms with Gasteiger partial charge in [0.2, 0.25) is 0 Å². The van der Waals surface area contributed by atoms with Gasteiger partial charge in [-0.1, -0.05) is 26.2 Å². The number of carbonyl (C=O) groups is 2. The normalized spacial score (nSPS) is 23.0. The average Bonchev–Trinajstić information content (AvgIpc) is 2.89. The first-order valence-electron chi connectivity index (χ1n) is 6.72. The first kappa shape index (κ1) is 13.6. The Morgan fingerprint density at radius 2 is 2.26 bits per heavy atom. The average molecular weight is 265 g/mol. The van der Waals surface area contributed by atoms with E-state index in [4.69, 9.17) is 9.52 Å². The van der Waals surface area contributed by atoms with Crippen molar-refractivity contribution in [3.05, 3.63) is 23.7 Å². The SMILES string of the molecule is CCC1CCCC(NC(=O)c2cc(C(=O)O)co2)C1. The summed E-state index contributed by atoms with van der Waals surface area (Å²) in [6, 6.07) is 1.43. The summed E-state index contributed by atoms with van der Waals surface area (Å²) in [5.41, 5.74) is 0.000212. The first-order chi connectivity index (χ1) is 9.10. The number of hydrogen-bond acceptors (Lipinski definition) is 3. The fourth-order valence-corrected chi connectivity index (χ4v) is 2.62. The molecule has 1 aromatic heterocycles. The topological polar surface area (TPSA) is 79.5 Å². The van der Waals surface area contributed by atoms with Crippen molar-refractivity contribution in [2.75, 3.05) is 0 Å². The van der Waals surface area contributed by atoms with Gasteiger partial charge in [-0.05, 0) is 18.8 Å². The molecule has 0 aromatic carbocycles. The Morgan fingerprint density at radius 3 is 2.89 bits per heavy atom. The number of rotatable bonds is 4. The Labute approximate surface area is 112 Å². The zero-order valence-corrected chi connectivity index (χ0v) is 11.0. The van der Waals surface area contributed by atoms with Crippen LogP contribution in [0, 0.1) is 5.92 Å². The van der Waals surface area contributed by atoms with Crippen molar-refractivity contribution < 1.29 is 19.1 Å². The van der Waals surface area contributed by atoms with Crippen LogP contribution < -0.4 is 5.32 Å². The summed E-state index contributed by atoms with van der Waals surface area (Å²) in [5, 5.41) is 11.7. The summed E-state index contributed by atoms with van der Waals surface area (Å²) >= 11 is 0. The van der Waals surface area contributed by atoms with Crippen LogP contribution in [0.15, 0.2) is 16.7 Å². The van der Waals surface area contributed by atoms with Crippen LogP contribution in [0.2, 0.25) is 0 Å². The van der Waals surface area contributed by atoms with Crippen LogP contribution in [-0.2, 0) is 0 Å². The Hall–Kier alpha value is -1.78. The van der Waals surface area contributed by atoms with Crippen LogP contribution in [-0.4, -0.2) is 23.0 Å². The fraction of sp³-hybridized carbons (Fsp3) is 0.571. The standard InChI is InChI=1S/C14H19NO4/c1-2-9-4-3-5-11(6-9)15-13(16)12-7-10(8-19-12)14(17)18/h7-9,11H,2-6H2,1H3,(H,15,16)(H,17,18). The second-order valence-electron chi connectivity index (χ2n) is 5.12. The van der Waals surface area contributed by atoms with Crippen LogP contribution in [0.4, 0.5) is 0 Å². The van der Waals surface area contributed by atoms with E-state index in [-0.39, 0.29) is 23.3 Å². The predicted octanol–water partition coefficient (Wildman–Crippen LogP) is 2.68. The summed E-state index contributed by atoms with van der Waals surface area (Å²) in [5.74, 6) is -0.679. The lowest BCUT2D eigenvalue weighted by atomic mass is 9.84. The lowest BCUT2D eigenvalue weighted by Crippen LogP contribution is -2.38. The second kappa shape index (κ2) is 5.91. The van der Waals surface area contributed by atoms with Crippen LogP contribution in [0.1, 0.15) is 59.9 Å². The lowest BCUT2D eigenvalue weighted by molar-refractivity contribution is 0.0695. The second-order valence-corrected chi connectivity index (χ2v) is 5.12. The first-order valence-corrected chi connectivity index (χ1v) is 6.72. The third kappa shape index (κ3) is 3.36. The van der Waals surface area contributed by atoms with E-state index in [1.54, 1.807) is 0 Å². The number of carbonyl (C=O) groups excluding carboxylic acids is 1. The van der Waals surface area contributed by atoms with E-state index in [2.05, 4.69) is 12.2 Å². The summed E-state index contributed by atoms with van der Waals surface area (Å²) in [6.07, 6.45) is 6.56. The number of amides is 1. The Morgan fingerprint density at radius 1 is 1.47 bits per heavy atom. The highest BCUT2D eigenvalue weighted by atomic mass is 16.4. The van der Waals surface area contributed by atoms with Crippen molar-refractivity contribution >= 4 is 11.9 Å². The third-order valence-corrected chi connectivity index (χ3v) is 3.77. The number of carboxylic acid groups (broad SMARTS) is 1. The largest absolute Gasteiger partial charge is 0.478 e. The Bertz CT molecular complexity index is 466. The maximum absolute atomic E-state index is 11.9. The molecule has 0 saturated heterocycles. The molecule has 1 aliphatic carbocycles. The van der Waals surface area contributed by atoms with Gasteiger partial charge in [-0.15, -0.1) is 0 Å². The smallest absolute Gasteiger partial charge is 0.338 e. The van der Waals surface area contributed by atoms with Crippen molar-refractivity contribution in [2.45, 2.75) is 45.1 Å². The minimum atomic E-state index is -1.09. The molecule has 2 rings (SSSR count). The van der Waals surface area contributed by atoms with Gasteiger partial charge in [0, 0.05) is 12.1 Å². The molecule has 1 aliphatic rings. The number of hydrogen-bond donors (Lipinski definition) is 2. The molecule has 1 fully saturated rings. The van der Waals surface area contributed by atoms with E-state index in [1.807, 2.05) is 0 Å². The quantitative estimate of drug-likeness (QED) is 0.877. The van der Waals surface area contributed by atoms with Gasteiger partial charge < -0.3 is 14.8 Å². The minimum Gasteiger partial charge on any atom is -0.478 e. The molecular formula is C14H19NO4. The van der Waals surface area contributed by atoms with E-state index in [1.165, 1.54) is 12.5 Å². The zero-order valence-electron chi connectivity index (χ0n) is 11.0. The molecule has 1 heterocycles. The van der Waals surface area contributed by atoms with Crippen molar-refractivity contribution in [2.24, 2.45) is 5.92 Å². The molecule has 1 amide bonds. The predicted molar refractivity (Wildman–Crippen MR) is 69.2 cm³/mol. The fourth-order valence-electron chi connectivity index (χ4n) is 2.62. The van der Waals surface area contributed by atoms with Gasteiger partial charge in [-0.2, -0.15) is 0 Å². The summed E-state index contributed by atoms with van der Waals surface area (Å²) in [7, 11) is 0. The Kier molecular flexibility index (Phi) is 4.24. The van der Waals surface area contributed by atoms with Crippen molar-refractivity contribution in [1.29, 1.82) is 0 Å². The molecule has 2 unspecified atom stereocenters. The molecule has 2 N–H and O–H groups in total. The van der Waals surface area contributed by atoms with Crippen LogP contribution in [0.25, 0.3) is 0 Å². The van der Waals surface area contributed by atoms with Crippen molar-refractivity contribution in [3.63, 3.8) is 0 Å². The van der Waals surface area contributed by atoms with Gasteiger partial charge >= 0.3 is 5.97 Å². The molecule has 2 atom stereocenters. The van der Waals surface area contributed by atoms with Gasteiger partial charge in [0.25, 0.3) is 5.91 Å². The van der Waals surface area contributed by atoms with Crippen LogP contribution >= 0.6 is 0 Å². The molecule has 1 saturated carbocycles. The number of furan rings is 1. The van der Waals surface area contributed by atoms with Crippen molar-refractivity contribution in [3.8, 4) is 0 Å². The van der Waals surface area contributed by atoms with Gasteiger partial charge in [0.15, 0.2) is 5.76 Å². The summed E-state index contributed by atoms with van der Waals surface area (Å²) < 4.78 is 4.99. The molecule has 5 nitrogen and oxygen atoms in total. The number of carboxylic acids is 1. The minimum absolute atomic E-state index is 0.000212. The van der Waals surface area contributed by atoms with Crippen LogP contribution in [0.3, 0.4) is 0 Å². The van der Waals surface area contributed by atoms with Gasteiger partial charge in [-0.3, -0.25) is 4.79 Å². The van der Waals surface area contributed by atoms with Gasteiger partial charge in [-0.25, -0.2) is 4.79 Å². The maximum Gasteiger partial charge on any atom is 0.338 e. The molecule has 5 heteroatoms. The van der Waals surface area contributed by atoms with E-state index >= 15 is 0 Å². The number of aromatic carboxylic acids is 1. The highest BCUT2D eigenvalue weighted by molar-refractivity contribution is 5.95. The summed E-state index contributed by atoms with van der Waals surface area (Å²) in [6.45, 7) is 2.17. The Balaban J connectivity index is 1.94. The van der Waals surface area contributed by atoms with Crippen LogP contribution in [0.5, 0.6) is 0 Å². The third-order valence-electron chi connectivity index (χ3n) is 3.77. The molecular weight excluding hydrogens is 246 g/mol. The lowest BCUT2D eigenvalue weighted by Gasteiger charge is -2.28. The van der Waals surface area contributed by atoms with Crippen molar-refractivity contribution in [1.82, 2.24) is 5.32 Å². The highest BCUT2D eigenvalue weighted by Gasteiger charge is 2.24. The monoisotopic (exact) mass is 265 g/mol. The van der Waals surface area contributed by atoms with Gasteiger partial charge in [0.05, 0.1) is 5.56 Å². The number of nitrogens with one attached hydrogen (secondary N) is 1.